The quantitative estimate of drug-likeness (QED) is 0.519. The summed E-state index contributed by atoms with van der Waals surface area (Å²) in [5.74, 6) is -1.43. The summed E-state index contributed by atoms with van der Waals surface area (Å²) in [5.41, 5.74) is 3.19. The number of benzene rings is 1. The zero-order chi connectivity index (χ0) is 20.7. The Kier molecular flexibility index (Phi) is 4.84. The number of fused-ring (bicyclic) bond motifs is 1. The van der Waals surface area contributed by atoms with E-state index in [9.17, 15) is 8.78 Å². The molecule has 30 heavy (non-hydrogen) atoms. The van der Waals surface area contributed by atoms with Crippen molar-refractivity contribution in [3.8, 4) is 28.1 Å². The Bertz CT molecular complexity index is 1220. The highest BCUT2D eigenvalue weighted by molar-refractivity contribution is 7.14. The second-order valence-corrected chi connectivity index (χ2v) is 7.74. The van der Waals surface area contributed by atoms with E-state index in [1.54, 1.807) is 23.7 Å². The number of nitrogens with one attached hydrogen (secondary N) is 1. The van der Waals surface area contributed by atoms with Gasteiger partial charge < -0.3 is 19.4 Å². The van der Waals surface area contributed by atoms with E-state index in [1.807, 2.05) is 11.4 Å². The number of morpholine rings is 1. The Balaban J connectivity index is 1.57. The number of anilines is 1. The second-order valence-electron chi connectivity index (χ2n) is 6.91. The van der Waals surface area contributed by atoms with E-state index in [0.717, 1.165) is 40.9 Å². The SMILES string of the molecule is COc1c(F)cc(F)cc1-c1c[nH]c2ncc(-c3csc(N4CCOCC4)n3)cc12. The Morgan fingerprint density at radius 3 is 2.80 bits per heavy atom. The number of hydrogen-bond donors (Lipinski definition) is 1. The van der Waals surface area contributed by atoms with Crippen LogP contribution in [-0.4, -0.2) is 48.4 Å². The van der Waals surface area contributed by atoms with E-state index in [2.05, 4.69) is 14.9 Å². The summed E-state index contributed by atoms with van der Waals surface area (Å²) in [6.07, 6.45) is 3.42. The molecule has 5 rings (SSSR count). The summed E-state index contributed by atoms with van der Waals surface area (Å²) in [5, 5.41) is 3.66. The topological polar surface area (TPSA) is 63.3 Å². The van der Waals surface area contributed by atoms with Gasteiger partial charge in [0.05, 0.1) is 26.0 Å². The number of H-pyrrole nitrogens is 1. The molecule has 0 atom stereocenters. The first-order valence-electron chi connectivity index (χ1n) is 9.43. The first-order chi connectivity index (χ1) is 14.6. The summed E-state index contributed by atoms with van der Waals surface area (Å²) in [6, 6.07) is 3.99. The molecule has 9 heteroatoms. The van der Waals surface area contributed by atoms with Crippen molar-refractivity contribution in [2.75, 3.05) is 38.3 Å². The van der Waals surface area contributed by atoms with Gasteiger partial charge in [0.1, 0.15) is 11.5 Å². The van der Waals surface area contributed by atoms with Crippen LogP contribution in [0, 0.1) is 11.6 Å². The summed E-state index contributed by atoms with van der Waals surface area (Å²) >= 11 is 1.57. The molecule has 0 spiro atoms. The molecule has 1 aromatic carbocycles. The van der Waals surface area contributed by atoms with Gasteiger partial charge in [-0.1, -0.05) is 0 Å². The third kappa shape index (κ3) is 3.29. The van der Waals surface area contributed by atoms with Gasteiger partial charge in [-0.15, -0.1) is 11.3 Å². The molecule has 0 unspecified atom stereocenters. The number of pyridine rings is 1. The van der Waals surface area contributed by atoms with Gasteiger partial charge in [-0.05, 0) is 12.1 Å². The van der Waals surface area contributed by atoms with Gasteiger partial charge in [-0.3, -0.25) is 0 Å². The number of aromatic amines is 1. The maximum absolute atomic E-state index is 14.2. The van der Waals surface area contributed by atoms with E-state index in [1.165, 1.54) is 13.2 Å². The zero-order valence-corrected chi connectivity index (χ0v) is 16.9. The molecule has 1 aliphatic heterocycles. The molecule has 1 saturated heterocycles. The molecule has 3 aromatic heterocycles. The molecule has 1 aliphatic rings. The maximum Gasteiger partial charge on any atom is 0.186 e. The van der Waals surface area contributed by atoms with Gasteiger partial charge in [-0.2, -0.15) is 0 Å². The lowest BCUT2D eigenvalue weighted by Crippen LogP contribution is -2.36. The van der Waals surface area contributed by atoms with Crippen molar-refractivity contribution in [1.29, 1.82) is 0 Å². The summed E-state index contributed by atoms with van der Waals surface area (Å²) in [7, 11) is 1.36. The van der Waals surface area contributed by atoms with Crippen molar-refractivity contribution >= 4 is 27.5 Å². The zero-order valence-electron chi connectivity index (χ0n) is 16.1. The van der Waals surface area contributed by atoms with Crippen LogP contribution in [0.2, 0.25) is 0 Å². The highest BCUT2D eigenvalue weighted by Crippen LogP contribution is 2.38. The fraction of sp³-hybridized carbons (Fsp3) is 0.238. The van der Waals surface area contributed by atoms with Crippen LogP contribution < -0.4 is 9.64 Å². The van der Waals surface area contributed by atoms with Crippen molar-refractivity contribution in [3.63, 3.8) is 0 Å². The first-order valence-corrected chi connectivity index (χ1v) is 10.3. The standard InChI is InChI=1S/C21H18F2N4O2S/c1-28-19-14(7-13(22)8-17(19)23)16-10-25-20-15(16)6-12(9-24-20)18-11-30-21(26-18)27-2-4-29-5-3-27/h6-11H,2-5H2,1H3,(H,24,25). The van der Waals surface area contributed by atoms with Crippen LogP contribution in [0.3, 0.4) is 0 Å². The maximum atomic E-state index is 14.2. The van der Waals surface area contributed by atoms with E-state index < -0.39 is 11.6 Å². The monoisotopic (exact) mass is 428 g/mol. The Morgan fingerprint density at radius 2 is 2.00 bits per heavy atom. The van der Waals surface area contributed by atoms with Crippen LogP contribution in [0.4, 0.5) is 13.9 Å². The Morgan fingerprint density at radius 1 is 1.17 bits per heavy atom. The van der Waals surface area contributed by atoms with Crippen LogP contribution in [0.5, 0.6) is 5.75 Å². The predicted octanol–water partition coefficient (Wildman–Crippen LogP) is 4.48. The van der Waals surface area contributed by atoms with Crippen LogP contribution in [0.1, 0.15) is 0 Å². The molecule has 0 saturated carbocycles. The molecular formula is C21H18F2N4O2S. The molecule has 0 bridgehead atoms. The molecule has 154 valence electrons. The van der Waals surface area contributed by atoms with Crippen LogP contribution in [0.25, 0.3) is 33.4 Å². The van der Waals surface area contributed by atoms with Crippen molar-refractivity contribution in [2.24, 2.45) is 0 Å². The minimum absolute atomic E-state index is 0.00837. The molecule has 4 heterocycles. The third-order valence-electron chi connectivity index (χ3n) is 5.10. The highest BCUT2D eigenvalue weighted by Gasteiger charge is 2.19. The normalized spacial score (nSPS) is 14.4. The van der Waals surface area contributed by atoms with E-state index in [4.69, 9.17) is 14.5 Å². The van der Waals surface area contributed by atoms with Gasteiger partial charge in [0, 0.05) is 59.0 Å². The van der Waals surface area contributed by atoms with Crippen LogP contribution in [0.15, 0.2) is 36.0 Å². The van der Waals surface area contributed by atoms with E-state index >= 15 is 0 Å². The molecule has 4 aromatic rings. The minimum Gasteiger partial charge on any atom is -0.493 e. The number of ether oxygens (including phenoxy) is 2. The van der Waals surface area contributed by atoms with Crippen molar-refractivity contribution in [1.82, 2.24) is 15.0 Å². The average Bonchev–Trinajstić information content (AvgIpc) is 3.41. The van der Waals surface area contributed by atoms with Crippen molar-refractivity contribution in [2.45, 2.75) is 0 Å². The molecule has 1 fully saturated rings. The average molecular weight is 428 g/mol. The van der Waals surface area contributed by atoms with Gasteiger partial charge >= 0.3 is 0 Å². The molecule has 6 nitrogen and oxygen atoms in total. The smallest absolute Gasteiger partial charge is 0.186 e. The van der Waals surface area contributed by atoms with Gasteiger partial charge in [0.25, 0.3) is 0 Å². The number of rotatable bonds is 4. The van der Waals surface area contributed by atoms with E-state index in [-0.39, 0.29) is 5.75 Å². The van der Waals surface area contributed by atoms with Crippen LogP contribution >= 0.6 is 11.3 Å². The van der Waals surface area contributed by atoms with Gasteiger partial charge in [0.15, 0.2) is 16.7 Å². The van der Waals surface area contributed by atoms with Crippen LogP contribution in [-0.2, 0) is 4.74 Å². The second kappa shape index (κ2) is 7.66. The minimum atomic E-state index is -0.749. The lowest BCUT2D eigenvalue weighted by atomic mass is 10.0. The van der Waals surface area contributed by atoms with Gasteiger partial charge in [-0.25, -0.2) is 18.7 Å². The number of methoxy groups -OCH3 is 1. The molecule has 0 aliphatic carbocycles. The Hall–Kier alpha value is -3.04. The summed E-state index contributed by atoms with van der Waals surface area (Å²) < 4.78 is 38.7. The molecule has 0 radical (unpaired) electrons. The number of halogens is 2. The predicted molar refractivity (Wildman–Crippen MR) is 112 cm³/mol. The highest BCUT2D eigenvalue weighted by atomic mass is 32.1. The number of thiazole rings is 1. The van der Waals surface area contributed by atoms with E-state index in [0.29, 0.717) is 30.0 Å². The fourth-order valence-corrected chi connectivity index (χ4v) is 4.52. The third-order valence-corrected chi connectivity index (χ3v) is 6.00. The number of nitrogens with zero attached hydrogens (tertiary/aromatic N) is 3. The first kappa shape index (κ1) is 19.0. The fourth-order valence-electron chi connectivity index (χ4n) is 3.63. The van der Waals surface area contributed by atoms with Gasteiger partial charge in [0.2, 0.25) is 0 Å². The molecule has 1 N–H and O–H groups in total. The molecule has 0 amide bonds. The lowest BCUT2D eigenvalue weighted by Gasteiger charge is -2.26. The molecular weight excluding hydrogens is 410 g/mol. The Labute approximate surface area is 175 Å². The number of hydrogen-bond acceptors (Lipinski definition) is 6. The lowest BCUT2D eigenvalue weighted by molar-refractivity contribution is 0.122. The summed E-state index contributed by atoms with van der Waals surface area (Å²) in [4.78, 5) is 14.5. The van der Waals surface area contributed by atoms with Crippen molar-refractivity contribution < 1.29 is 18.3 Å². The number of aromatic nitrogens is 3. The summed E-state index contributed by atoms with van der Waals surface area (Å²) in [6.45, 7) is 3.02. The largest absolute Gasteiger partial charge is 0.493 e. The van der Waals surface area contributed by atoms with Crippen molar-refractivity contribution in [3.05, 3.63) is 47.6 Å².